The normalized spacial score (nSPS) is 31.7. The van der Waals surface area contributed by atoms with E-state index in [0.29, 0.717) is 41.0 Å². The van der Waals surface area contributed by atoms with Crippen molar-refractivity contribution in [2.24, 2.45) is 28.3 Å². The third kappa shape index (κ3) is 3.89. The van der Waals surface area contributed by atoms with Crippen molar-refractivity contribution in [3.8, 4) is 5.75 Å². The Morgan fingerprint density at radius 1 is 1.39 bits per heavy atom. The number of nitrogens with zero attached hydrogens (tertiary/aromatic N) is 2. The molecule has 2 fully saturated rings. The van der Waals surface area contributed by atoms with Crippen molar-refractivity contribution >= 4 is 44.0 Å². The number of oxime groups is 1. The number of carbonyl (C=O) groups excluding carboxylic acids is 1. The van der Waals surface area contributed by atoms with Crippen LogP contribution in [0.2, 0.25) is 0 Å². The highest BCUT2D eigenvalue weighted by Crippen LogP contribution is 2.63. The first kappa shape index (κ1) is 22.8. The minimum absolute atomic E-state index is 0.00111. The SMILES string of the molecule is Cc1cnc(NC(=O)CC[C@@H]2C/C(=N\O)[C@@]3(C)CCC4c5ccc(O)c(Br)c5CCC4C23)s1. The fourth-order valence-corrected chi connectivity index (χ4v) is 8.26. The van der Waals surface area contributed by atoms with Gasteiger partial charge in [-0.15, -0.1) is 11.3 Å². The highest BCUT2D eigenvalue weighted by Gasteiger charge is 2.57. The Bertz CT molecular complexity index is 1120. The fraction of sp³-hybridized carbons (Fsp3) is 0.560. The summed E-state index contributed by atoms with van der Waals surface area (Å²) in [6, 6.07) is 3.90. The second-order valence-corrected chi connectivity index (χ2v) is 12.2. The molecule has 8 heteroatoms. The molecule has 1 heterocycles. The van der Waals surface area contributed by atoms with E-state index in [-0.39, 0.29) is 11.3 Å². The summed E-state index contributed by atoms with van der Waals surface area (Å²) in [5.41, 5.74) is 3.38. The number of anilines is 1. The van der Waals surface area contributed by atoms with Crippen LogP contribution in [0.3, 0.4) is 0 Å². The molecule has 2 saturated carbocycles. The van der Waals surface area contributed by atoms with Gasteiger partial charge in [0.05, 0.1) is 10.2 Å². The molecule has 1 amide bonds. The van der Waals surface area contributed by atoms with E-state index in [4.69, 9.17) is 0 Å². The Morgan fingerprint density at radius 3 is 2.94 bits per heavy atom. The van der Waals surface area contributed by atoms with E-state index < -0.39 is 0 Å². The summed E-state index contributed by atoms with van der Waals surface area (Å²) in [5, 5.41) is 27.4. The van der Waals surface area contributed by atoms with Crippen molar-refractivity contribution in [3.05, 3.63) is 38.8 Å². The van der Waals surface area contributed by atoms with Gasteiger partial charge in [-0.2, -0.15) is 0 Å². The van der Waals surface area contributed by atoms with E-state index in [2.05, 4.69) is 44.4 Å². The average Bonchev–Trinajstić information content (AvgIpc) is 3.33. The quantitative estimate of drug-likeness (QED) is 0.321. The zero-order valence-electron chi connectivity index (χ0n) is 19.0. The number of aromatic nitrogens is 1. The van der Waals surface area contributed by atoms with Gasteiger partial charge < -0.3 is 15.6 Å². The standard InChI is InChI=1S/C25H30BrN3O3S/c1-13-12-27-24(33-13)28-21(31)8-3-14-11-20(29-32)25(2)10-9-16-15-6-7-19(30)23(26)18(15)5-4-17(16)22(14)25/h6-7,12,14,16-17,22,30,32H,3-5,8-11H2,1-2H3,(H,27,28,31)/b29-20+/t14-,16?,17?,22?,25-/m1/s1. The molecule has 0 bridgehead atoms. The first-order valence-corrected chi connectivity index (χ1v) is 13.4. The Morgan fingerprint density at radius 2 is 2.21 bits per heavy atom. The first-order valence-electron chi connectivity index (χ1n) is 11.8. The van der Waals surface area contributed by atoms with Crippen molar-refractivity contribution in [2.45, 2.75) is 64.7 Å². The van der Waals surface area contributed by atoms with Gasteiger partial charge in [0, 0.05) is 22.9 Å². The van der Waals surface area contributed by atoms with Crippen LogP contribution in [0.25, 0.3) is 0 Å². The van der Waals surface area contributed by atoms with Crippen LogP contribution >= 0.6 is 27.3 Å². The molecule has 5 rings (SSSR count). The number of aromatic hydroxyl groups is 1. The third-order valence-corrected chi connectivity index (χ3v) is 10.1. The maximum Gasteiger partial charge on any atom is 0.226 e. The van der Waals surface area contributed by atoms with E-state index in [0.717, 1.165) is 53.6 Å². The second kappa shape index (κ2) is 8.69. The summed E-state index contributed by atoms with van der Waals surface area (Å²) >= 11 is 5.09. The predicted molar refractivity (Wildman–Crippen MR) is 133 cm³/mol. The Balaban J connectivity index is 1.37. The number of carbonyl (C=O) groups is 1. The number of fused-ring (bicyclic) bond motifs is 5. The number of amides is 1. The molecule has 3 N–H and O–H groups in total. The molecule has 0 saturated heterocycles. The lowest BCUT2D eigenvalue weighted by atomic mass is 9.54. The maximum atomic E-state index is 12.6. The van der Waals surface area contributed by atoms with Gasteiger partial charge in [-0.25, -0.2) is 4.98 Å². The van der Waals surface area contributed by atoms with Gasteiger partial charge in [0.2, 0.25) is 5.91 Å². The summed E-state index contributed by atoms with van der Waals surface area (Å²) < 4.78 is 0.835. The van der Waals surface area contributed by atoms with Crippen molar-refractivity contribution in [2.75, 3.05) is 5.32 Å². The molecular weight excluding hydrogens is 502 g/mol. The summed E-state index contributed by atoms with van der Waals surface area (Å²) in [4.78, 5) is 17.9. The number of thiazole rings is 1. The topological polar surface area (TPSA) is 94.8 Å². The lowest BCUT2D eigenvalue weighted by Gasteiger charge is -2.50. The Kier molecular flexibility index (Phi) is 6.02. The zero-order valence-corrected chi connectivity index (χ0v) is 21.4. The summed E-state index contributed by atoms with van der Waals surface area (Å²) in [5.74, 6) is 1.94. The molecular formula is C25H30BrN3O3S. The van der Waals surface area contributed by atoms with Crippen LogP contribution in [0, 0.1) is 30.1 Å². The van der Waals surface area contributed by atoms with Gasteiger partial charge in [-0.3, -0.25) is 4.79 Å². The lowest BCUT2D eigenvalue weighted by Crippen LogP contribution is -2.44. The monoisotopic (exact) mass is 531 g/mol. The van der Waals surface area contributed by atoms with E-state index >= 15 is 0 Å². The summed E-state index contributed by atoms with van der Waals surface area (Å²) in [6.45, 7) is 4.24. The molecule has 1 aromatic carbocycles. The summed E-state index contributed by atoms with van der Waals surface area (Å²) in [6.07, 6.45) is 7.78. The lowest BCUT2D eigenvalue weighted by molar-refractivity contribution is -0.116. The van der Waals surface area contributed by atoms with Crippen LogP contribution < -0.4 is 5.32 Å². The third-order valence-electron chi connectivity index (χ3n) is 8.43. The van der Waals surface area contributed by atoms with Crippen molar-refractivity contribution in [1.82, 2.24) is 4.98 Å². The van der Waals surface area contributed by atoms with Gasteiger partial charge in [0.25, 0.3) is 0 Å². The molecule has 176 valence electrons. The van der Waals surface area contributed by atoms with Crippen molar-refractivity contribution < 1.29 is 15.1 Å². The summed E-state index contributed by atoms with van der Waals surface area (Å²) in [7, 11) is 0. The molecule has 3 unspecified atom stereocenters. The van der Waals surface area contributed by atoms with Gasteiger partial charge in [0.15, 0.2) is 5.13 Å². The number of hydrogen-bond acceptors (Lipinski definition) is 6. The average molecular weight is 533 g/mol. The minimum Gasteiger partial charge on any atom is -0.507 e. The number of phenolic OH excluding ortho intramolecular Hbond substituents is 1. The van der Waals surface area contributed by atoms with Crippen molar-refractivity contribution in [1.29, 1.82) is 0 Å². The minimum atomic E-state index is -0.116. The Hall–Kier alpha value is -1.93. The smallest absolute Gasteiger partial charge is 0.226 e. The van der Waals surface area contributed by atoms with Gasteiger partial charge in [-0.05, 0) is 102 Å². The molecule has 3 aliphatic carbocycles. The highest BCUT2D eigenvalue weighted by atomic mass is 79.9. The largest absolute Gasteiger partial charge is 0.507 e. The number of phenols is 1. The van der Waals surface area contributed by atoms with Gasteiger partial charge in [-0.1, -0.05) is 18.1 Å². The molecule has 2 aromatic rings. The molecule has 5 atom stereocenters. The van der Waals surface area contributed by atoms with Crippen LogP contribution in [0.4, 0.5) is 5.13 Å². The van der Waals surface area contributed by atoms with Crippen LogP contribution in [0.1, 0.15) is 67.4 Å². The van der Waals surface area contributed by atoms with E-state index in [9.17, 15) is 15.1 Å². The van der Waals surface area contributed by atoms with E-state index in [1.807, 2.05) is 6.92 Å². The molecule has 0 radical (unpaired) electrons. The van der Waals surface area contributed by atoms with Crippen LogP contribution in [-0.2, 0) is 11.2 Å². The zero-order chi connectivity index (χ0) is 23.3. The van der Waals surface area contributed by atoms with Crippen LogP contribution in [-0.4, -0.2) is 26.9 Å². The fourth-order valence-electron chi connectivity index (χ4n) is 7.02. The van der Waals surface area contributed by atoms with Crippen molar-refractivity contribution in [3.63, 3.8) is 0 Å². The number of aryl methyl sites for hydroxylation is 1. The predicted octanol–water partition coefficient (Wildman–Crippen LogP) is 6.25. The van der Waals surface area contributed by atoms with Crippen LogP contribution in [0.15, 0.2) is 28.0 Å². The second-order valence-electron chi connectivity index (χ2n) is 10.1. The molecule has 0 aliphatic heterocycles. The molecule has 6 nitrogen and oxygen atoms in total. The Labute approximate surface area is 206 Å². The number of nitrogens with one attached hydrogen (secondary N) is 1. The van der Waals surface area contributed by atoms with Gasteiger partial charge in [0.1, 0.15) is 5.75 Å². The first-order chi connectivity index (χ1) is 15.8. The molecule has 0 spiro atoms. The van der Waals surface area contributed by atoms with E-state index in [1.165, 1.54) is 22.5 Å². The number of benzene rings is 1. The van der Waals surface area contributed by atoms with Crippen LogP contribution in [0.5, 0.6) is 5.75 Å². The highest BCUT2D eigenvalue weighted by molar-refractivity contribution is 9.10. The van der Waals surface area contributed by atoms with Gasteiger partial charge >= 0.3 is 0 Å². The van der Waals surface area contributed by atoms with E-state index in [1.54, 1.807) is 12.3 Å². The number of rotatable bonds is 4. The number of halogens is 1. The maximum absolute atomic E-state index is 12.6. The molecule has 33 heavy (non-hydrogen) atoms. The number of hydrogen-bond donors (Lipinski definition) is 3. The molecule has 3 aliphatic rings. The molecule has 1 aromatic heterocycles.